The number of fused-ring (bicyclic) bond motifs is 1. The van der Waals surface area contributed by atoms with Gasteiger partial charge in [-0.2, -0.15) is 13.2 Å². The summed E-state index contributed by atoms with van der Waals surface area (Å²) in [6.07, 6.45) is -2.34. The molecule has 12 heteroatoms. The second-order valence-electron chi connectivity index (χ2n) is 9.02. The third kappa shape index (κ3) is 5.03. The van der Waals surface area contributed by atoms with Crippen molar-refractivity contribution in [3.8, 4) is 11.3 Å². The number of nitrogens with zero attached hydrogens (tertiary/aromatic N) is 4. The Morgan fingerprint density at radius 3 is 2.86 bits per heavy atom. The topological polar surface area (TPSA) is 91.0 Å². The van der Waals surface area contributed by atoms with E-state index >= 15 is 0 Å². The molecule has 0 radical (unpaired) electrons. The van der Waals surface area contributed by atoms with Crippen molar-refractivity contribution in [1.29, 1.82) is 0 Å². The van der Waals surface area contributed by atoms with Gasteiger partial charge in [0.15, 0.2) is 0 Å². The molecule has 0 spiro atoms. The number of ether oxygens (including phenoxy) is 1. The number of aromatic amines is 1. The van der Waals surface area contributed by atoms with E-state index in [1.165, 1.54) is 6.20 Å². The summed E-state index contributed by atoms with van der Waals surface area (Å²) in [7, 11) is 0. The number of piperidine rings is 1. The van der Waals surface area contributed by atoms with Crippen LogP contribution in [0.2, 0.25) is 0 Å². The number of pyridine rings is 1. The fourth-order valence-electron chi connectivity index (χ4n) is 4.64. The number of rotatable bonds is 4. The molecule has 0 aromatic carbocycles. The Balaban J connectivity index is 1.50. The van der Waals surface area contributed by atoms with Crippen LogP contribution < -0.4 is 15.5 Å². The molecule has 2 aliphatic heterocycles. The molecule has 0 unspecified atom stereocenters. The maximum Gasteiger partial charge on any atom is 0.419 e. The summed E-state index contributed by atoms with van der Waals surface area (Å²) >= 11 is 0. The van der Waals surface area contributed by atoms with Gasteiger partial charge in [-0.15, -0.1) is 0 Å². The lowest BCUT2D eigenvalue weighted by molar-refractivity contribution is -0.137. The molecule has 0 aliphatic carbocycles. The highest BCUT2D eigenvalue weighted by Gasteiger charge is 2.36. The number of anilines is 2. The first-order valence-electron chi connectivity index (χ1n) is 11.7. The summed E-state index contributed by atoms with van der Waals surface area (Å²) in [6, 6.07) is 3.37. The van der Waals surface area contributed by atoms with Crippen LogP contribution in [0.1, 0.15) is 25.3 Å². The van der Waals surface area contributed by atoms with E-state index in [4.69, 9.17) is 4.74 Å². The van der Waals surface area contributed by atoms with E-state index in [1.807, 2.05) is 6.07 Å². The Kier molecular flexibility index (Phi) is 6.49. The number of hydrogen-bond acceptors (Lipinski definition) is 7. The Labute approximate surface area is 199 Å². The standard InChI is InChI=1S/C23H27F4N7O/c1-13-12-35-6-2-5-34(13)19-4-3-16-17(10-29-21(16)32-19)20-18(23(25,26)27)11-30-22(33-20)31-15-7-14(24)8-28-9-15/h3-4,10-11,13-15,28H,2,5-9,12H2,1H3,(H,29,32)(H,30,31,33)/t13-,14-,15-/m0/s1. The highest BCUT2D eigenvalue weighted by molar-refractivity contribution is 5.94. The van der Waals surface area contributed by atoms with Crippen LogP contribution in [-0.4, -0.2) is 71.0 Å². The molecular weight excluding hydrogens is 466 g/mol. The van der Waals surface area contributed by atoms with E-state index in [-0.39, 0.29) is 42.3 Å². The third-order valence-corrected chi connectivity index (χ3v) is 6.38. The van der Waals surface area contributed by atoms with Gasteiger partial charge < -0.3 is 25.3 Å². The lowest BCUT2D eigenvalue weighted by Gasteiger charge is -2.27. The Morgan fingerprint density at radius 2 is 2.06 bits per heavy atom. The molecule has 2 saturated heterocycles. The lowest BCUT2D eigenvalue weighted by Crippen LogP contribution is -2.44. The molecule has 0 bridgehead atoms. The first-order valence-corrected chi connectivity index (χ1v) is 11.7. The predicted molar refractivity (Wildman–Crippen MR) is 124 cm³/mol. The lowest BCUT2D eigenvalue weighted by atomic mass is 10.1. The summed E-state index contributed by atoms with van der Waals surface area (Å²) in [6.45, 7) is 4.83. The van der Waals surface area contributed by atoms with E-state index in [1.54, 1.807) is 6.07 Å². The molecule has 8 nitrogen and oxygen atoms in total. The molecule has 35 heavy (non-hydrogen) atoms. The van der Waals surface area contributed by atoms with Gasteiger partial charge >= 0.3 is 6.18 Å². The average molecular weight is 494 g/mol. The number of nitrogens with one attached hydrogen (secondary N) is 3. The molecule has 5 rings (SSSR count). The quantitative estimate of drug-likeness (QED) is 0.477. The van der Waals surface area contributed by atoms with Crippen LogP contribution in [0.5, 0.6) is 0 Å². The molecular formula is C23H27F4N7O. The van der Waals surface area contributed by atoms with Gasteiger partial charge in [-0.1, -0.05) is 0 Å². The van der Waals surface area contributed by atoms with Crippen molar-refractivity contribution in [1.82, 2.24) is 25.3 Å². The van der Waals surface area contributed by atoms with Gasteiger partial charge in [-0.3, -0.25) is 0 Å². The van der Waals surface area contributed by atoms with Crippen LogP contribution in [0, 0.1) is 0 Å². The zero-order valence-electron chi connectivity index (χ0n) is 19.2. The van der Waals surface area contributed by atoms with Crippen molar-refractivity contribution < 1.29 is 22.3 Å². The van der Waals surface area contributed by atoms with Gasteiger partial charge in [0.25, 0.3) is 0 Å². The third-order valence-electron chi connectivity index (χ3n) is 6.38. The number of halogens is 4. The van der Waals surface area contributed by atoms with Crippen molar-refractivity contribution in [2.75, 3.05) is 43.1 Å². The van der Waals surface area contributed by atoms with Gasteiger partial charge in [0, 0.05) is 62.0 Å². The van der Waals surface area contributed by atoms with Gasteiger partial charge in [-0.25, -0.2) is 19.3 Å². The van der Waals surface area contributed by atoms with Gasteiger partial charge in [0.1, 0.15) is 23.2 Å². The van der Waals surface area contributed by atoms with Crippen molar-refractivity contribution >= 4 is 22.8 Å². The fourth-order valence-corrected chi connectivity index (χ4v) is 4.64. The molecule has 0 amide bonds. The second-order valence-corrected chi connectivity index (χ2v) is 9.02. The van der Waals surface area contributed by atoms with Crippen molar-refractivity contribution in [3.63, 3.8) is 0 Å². The first-order chi connectivity index (χ1) is 16.8. The summed E-state index contributed by atoms with van der Waals surface area (Å²) in [4.78, 5) is 17.9. The average Bonchev–Trinajstić information content (AvgIpc) is 3.11. The van der Waals surface area contributed by atoms with Crippen LogP contribution in [0.3, 0.4) is 0 Å². The summed E-state index contributed by atoms with van der Waals surface area (Å²) in [5.41, 5.74) is -0.466. The van der Waals surface area contributed by atoms with E-state index < -0.39 is 17.9 Å². The first kappa shape index (κ1) is 23.7. The van der Waals surface area contributed by atoms with E-state index in [9.17, 15) is 17.6 Å². The number of aromatic nitrogens is 4. The second kappa shape index (κ2) is 9.57. The van der Waals surface area contributed by atoms with Crippen molar-refractivity contribution in [2.24, 2.45) is 0 Å². The minimum Gasteiger partial charge on any atom is -0.379 e. The van der Waals surface area contributed by atoms with Crippen molar-refractivity contribution in [3.05, 3.63) is 30.1 Å². The van der Waals surface area contributed by atoms with Crippen LogP contribution in [0.15, 0.2) is 24.5 Å². The maximum absolute atomic E-state index is 13.9. The molecule has 3 atom stereocenters. The highest BCUT2D eigenvalue weighted by atomic mass is 19.4. The van der Waals surface area contributed by atoms with Gasteiger partial charge in [-0.05, 0) is 25.5 Å². The molecule has 3 aromatic heterocycles. The van der Waals surface area contributed by atoms with Gasteiger partial charge in [0.2, 0.25) is 5.95 Å². The molecule has 5 heterocycles. The summed E-state index contributed by atoms with van der Waals surface area (Å²) in [5.74, 6) is 0.752. The maximum atomic E-state index is 13.9. The molecule has 2 aliphatic rings. The van der Waals surface area contributed by atoms with Gasteiger partial charge in [0.05, 0.1) is 18.3 Å². The normalized spacial score (nSPS) is 23.9. The largest absolute Gasteiger partial charge is 0.419 e. The number of alkyl halides is 4. The van der Waals surface area contributed by atoms with E-state index in [0.29, 0.717) is 30.8 Å². The summed E-state index contributed by atoms with van der Waals surface area (Å²) < 4.78 is 60.9. The molecule has 2 fully saturated rings. The zero-order valence-corrected chi connectivity index (χ0v) is 19.2. The zero-order chi connectivity index (χ0) is 24.6. The minimum atomic E-state index is -4.65. The smallest absolute Gasteiger partial charge is 0.379 e. The predicted octanol–water partition coefficient (Wildman–Crippen LogP) is 3.77. The highest BCUT2D eigenvalue weighted by Crippen LogP contribution is 2.39. The Bertz CT molecular complexity index is 1180. The van der Waals surface area contributed by atoms with E-state index in [2.05, 4.69) is 42.4 Å². The molecule has 0 saturated carbocycles. The molecule has 3 N–H and O–H groups in total. The molecule has 188 valence electrons. The monoisotopic (exact) mass is 493 g/mol. The summed E-state index contributed by atoms with van der Waals surface area (Å²) in [5, 5.41) is 6.43. The van der Waals surface area contributed by atoms with Crippen LogP contribution in [-0.2, 0) is 10.9 Å². The number of hydrogen-bond donors (Lipinski definition) is 3. The van der Waals surface area contributed by atoms with Crippen LogP contribution in [0.25, 0.3) is 22.3 Å². The minimum absolute atomic E-state index is 0.0196. The molecule has 3 aromatic rings. The Morgan fingerprint density at radius 1 is 1.20 bits per heavy atom. The van der Waals surface area contributed by atoms with E-state index in [0.717, 1.165) is 25.0 Å². The SMILES string of the molecule is C[C@H]1COCCCN1c1ccc2c(-c3nc(N[C@@H]4CNC[C@@H](F)C4)ncc3C(F)(F)F)c[nH]c2n1. The van der Waals surface area contributed by atoms with Crippen LogP contribution in [0.4, 0.5) is 29.3 Å². The van der Waals surface area contributed by atoms with Crippen LogP contribution >= 0.6 is 0 Å². The Hall–Kier alpha value is -2.99. The fraction of sp³-hybridized carbons (Fsp3) is 0.522. The van der Waals surface area contributed by atoms with Crippen molar-refractivity contribution in [2.45, 2.75) is 44.2 Å². The number of H-pyrrole nitrogens is 1.